The molecule has 8 nitrogen and oxygen atoms in total. The molecule has 2 fully saturated rings. The lowest BCUT2D eigenvalue weighted by atomic mass is 9.93. The molecular weight excluding hydrogens is 416 g/mol. The minimum Gasteiger partial charge on any atom is -0.393 e. The highest BCUT2D eigenvalue weighted by Crippen LogP contribution is 2.35. The van der Waals surface area contributed by atoms with Crippen molar-refractivity contribution in [1.82, 2.24) is 19.7 Å². The summed E-state index contributed by atoms with van der Waals surface area (Å²) >= 11 is 0. The number of nitrogens with zero attached hydrogens (tertiary/aromatic N) is 4. The van der Waals surface area contributed by atoms with Gasteiger partial charge < -0.3 is 15.7 Å². The van der Waals surface area contributed by atoms with Crippen molar-refractivity contribution < 1.29 is 9.90 Å². The van der Waals surface area contributed by atoms with Crippen LogP contribution in [-0.2, 0) is 4.79 Å². The molecule has 2 aliphatic carbocycles. The molecule has 174 valence electrons. The van der Waals surface area contributed by atoms with Gasteiger partial charge in [-0.25, -0.2) is 9.67 Å². The summed E-state index contributed by atoms with van der Waals surface area (Å²) in [6.45, 7) is 3.00. The number of amides is 1. The van der Waals surface area contributed by atoms with Gasteiger partial charge in [-0.2, -0.15) is 10.1 Å². The molecule has 33 heavy (non-hydrogen) atoms. The Morgan fingerprint density at radius 3 is 2.58 bits per heavy atom. The standard InChI is InChI=1S/C25H32N6O2/c1-2-3-14-26-25-27-15-21-22(16-6-8-18(9-7-16)28-24(33)17-4-5-17)30-31(23(21)29-25)19-10-12-20(32)13-11-19/h6-9,15,17,19-20,32H,2-5,10-14H2,1H3,(H,28,33)(H,26,27,29). The molecule has 1 aromatic carbocycles. The summed E-state index contributed by atoms with van der Waals surface area (Å²) in [4.78, 5) is 21.4. The summed E-state index contributed by atoms with van der Waals surface area (Å²) in [7, 11) is 0. The molecule has 2 heterocycles. The van der Waals surface area contributed by atoms with E-state index in [9.17, 15) is 9.90 Å². The van der Waals surface area contributed by atoms with E-state index >= 15 is 0 Å². The van der Waals surface area contributed by atoms with E-state index in [2.05, 4.69) is 22.5 Å². The van der Waals surface area contributed by atoms with Gasteiger partial charge in [-0.3, -0.25) is 4.79 Å². The molecule has 0 unspecified atom stereocenters. The zero-order valence-electron chi connectivity index (χ0n) is 19.1. The first-order chi connectivity index (χ1) is 16.1. The molecule has 0 radical (unpaired) electrons. The van der Waals surface area contributed by atoms with Gasteiger partial charge in [0.05, 0.1) is 17.5 Å². The number of hydrogen-bond donors (Lipinski definition) is 3. The number of nitrogens with one attached hydrogen (secondary N) is 2. The van der Waals surface area contributed by atoms with Gasteiger partial charge in [-0.1, -0.05) is 25.5 Å². The van der Waals surface area contributed by atoms with Crippen LogP contribution in [0.15, 0.2) is 30.5 Å². The Labute approximate surface area is 193 Å². The van der Waals surface area contributed by atoms with Crippen molar-refractivity contribution in [2.75, 3.05) is 17.2 Å². The molecule has 2 aliphatic rings. The van der Waals surface area contributed by atoms with Crippen LogP contribution in [0, 0.1) is 5.92 Å². The molecule has 0 spiro atoms. The molecule has 2 saturated carbocycles. The molecule has 3 aromatic rings. The van der Waals surface area contributed by atoms with Gasteiger partial charge in [-0.15, -0.1) is 0 Å². The van der Waals surface area contributed by atoms with Crippen molar-refractivity contribution in [3.8, 4) is 11.3 Å². The van der Waals surface area contributed by atoms with Crippen LogP contribution >= 0.6 is 0 Å². The summed E-state index contributed by atoms with van der Waals surface area (Å²) in [5.74, 6) is 0.904. The molecule has 0 bridgehead atoms. The van der Waals surface area contributed by atoms with Crippen LogP contribution in [0.3, 0.4) is 0 Å². The number of unbranched alkanes of at least 4 members (excludes halogenated alkanes) is 1. The van der Waals surface area contributed by atoms with Crippen molar-refractivity contribution in [3.63, 3.8) is 0 Å². The van der Waals surface area contributed by atoms with Crippen molar-refractivity contribution in [2.45, 2.75) is 70.4 Å². The summed E-state index contributed by atoms with van der Waals surface area (Å²) in [6.07, 6.45) is 9.11. The number of carbonyl (C=O) groups is 1. The van der Waals surface area contributed by atoms with E-state index in [0.717, 1.165) is 85.9 Å². The van der Waals surface area contributed by atoms with Gasteiger partial charge in [0.25, 0.3) is 0 Å². The second kappa shape index (κ2) is 9.47. The number of carbonyl (C=O) groups excluding carboxylic acids is 1. The molecule has 8 heteroatoms. The number of aliphatic hydroxyl groups is 1. The average Bonchev–Trinajstić information content (AvgIpc) is 3.62. The first-order valence-electron chi connectivity index (χ1n) is 12.2. The van der Waals surface area contributed by atoms with E-state index in [-0.39, 0.29) is 24.0 Å². The number of fused-ring (bicyclic) bond motifs is 1. The van der Waals surface area contributed by atoms with E-state index < -0.39 is 0 Å². The molecule has 0 aliphatic heterocycles. The van der Waals surface area contributed by atoms with E-state index in [1.54, 1.807) is 0 Å². The molecule has 2 aromatic heterocycles. The topological polar surface area (TPSA) is 105 Å². The molecule has 1 amide bonds. The molecule has 5 rings (SSSR count). The lowest BCUT2D eigenvalue weighted by molar-refractivity contribution is -0.117. The van der Waals surface area contributed by atoms with Crippen LogP contribution < -0.4 is 10.6 Å². The maximum absolute atomic E-state index is 12.1. The molecule has 0 atom stereocenters. The highest BCUT2D eigenvalue weighted by Gasteiger charge is 2.29. The quantitative estimate of drug-likeness (QED) is 0.437. The van der Waals surface area contributed by atoms with E-state index in [1.807, 2.05) is 35.1 Å². The van der Waals surface area contributed by atoms with Crippen molar-refractivity contribution in [2.24, 2.45) is 5.92 Å². The first kappa shape index (κ1) is 21.8. The number of anilines is 2. The Bertz CT molecular complexity index is 1110. The Morgan fingerprint density at radius 2 is 1.88 bits per heavy atom. The Hall–Kier alpha value is -3.00. The van der Waals surface area contributed by atoms with E-state index in [1.165, 1.54) is 0 Å². The van der Waals surface area contributed by atoms with E-state index in [0.29, 0.717) is 5.95 Å². The number of aliphatic hydroxyl groups excluding tert-OH is 1. The fourth-order valence-electron chi connectivity index (χ4n) is 4.46. The predicted molar refractivity (Wildman–Crippen MR) is 129 cm³/mol. The zero-order valence-corrected chi connectivity index (χ0v) is 19.1. The minimum atomic E-state index is -0.221. The van der Waals surface area contributed by atoms with Gasteiger partial charge in [-0.05, 0) is 57.1 Å². The summed E-state index contributed by atoms with van der Waals surface area (Å²) in [6, 6.07) is 8.05. The van der Waals surface area contributed by atoms with Gasteiger partial charge in [0.2, 0.25) is 11.9 Å². The van der Waals surface area contributed by atoms with Crippen LogP contribution in [0.2, 0.25) is 0 Å². The molecule has 3 N–H and O–H groups in total. The lowest BCUT2D eigenvalue weighted by Gasteiger charge is -2.25. The minimum absolute atomic E-state index is 0.105. The Kier molecular flexibility index (Phi) is 6.26. The summed E-state index contributed by atoms with van der Waals surface area (Å²) < 4.78 is 2.03. The Balaban J connectivity index is 1.46. The van der Waals surface area contributed by atoms with Crippen molar-refractivity contribution in [3.05, 3.63) is 30.5 Å². The molecule has 0 saturated heterocycles. The average molecular weight is 449 g/mol. The largest absolute Gasteiger partial charge is 0.393 e. The summed E-state index contributed by atoms with van der Waals surface area (Å²) in [5, 5.41) is 22.2. The second-order valence-electron chi connectivity index (χ2n) is 9.31. The third kappa shape index (κ3) is 4.85. The third-order valence-corrected chi connectivity index (χ3v) is 6.65. The van der Waals surface area contributed by atoms with Crippen LogP contribution in [-0.4, -0.2) is 43.4 Å². The highest BCUT2D eigenvalue weighted by molar-refractivity contribution is 5.95. The lowest BCUT2D eigenvalue weighted by Crippen LogP contribution is -2.22. The van der Waals surface area contributed by atoms with Crippen LogP contribution in [0.25, 0.3) is 22.3 Å². The van der Waals surface area contributed by atoms with Gasteiger partial charge in [0.15, 0.2) is 5.65 Å². The smallest absolute Gasteiger partial charge is 0.227 e. The van der Waals surface area contributed by atoms with Crippen LogP contribution in [0.4, 0.5) is 11.6 Å². The predicted octanol–water partition coefficient (Wildman–Crippen LogP) is 4.53. The Morgan fingerprint density at radius 1 is 1.12 bits per heavy atom. The van der Waals surface area contributed by atoms with Crippen LogP contribution in [0.1, 0.15) is 64.3 Å². The van der Waals surface area contributed by atoms with Gasteiger partial charge in [0, 0.05) is 29.9 Å². The highest BCUT2D eigenvalue weighted by atomic mass is 16.3. The van der Waals surface area contributed by atoms with Gasteiger partial charge >= 0.3 is 0 Å². The maximum atomic E-state index is 12.1. The van der Waals surface area contributed by atoms with E-state index in [4.69, 9.17) is 10.1 Å². The van der Waals surface area contributed by atoms with Crippen molar-refractivity contribution in [1.29, 1.82) is 0 Å². The first-order valence-corrected chi connectivity index (χ1v) is 12.2. The molecular formula is C25H32N6O2. The number of aromatic nitrogens is 4. The number of hydrogen-bond acceptors (Lipinski definition) is 6. The number of benzene rings is 1. The zero-order chi connectivity index (χ0) is 22.8. The van der Waals surface area contributed by atoms with Crippen molar-refractivity contribution >= 4 is 28.6 Å². The SMILES string of the molecule is CCCCNc1ncc2c(-c3ccc(NC(=O)C4CC4)cc3)nn(C3CCC(O)CC3)c2n1. The van der Waals surface area contributed by atoms with Gasteiger partial charge in [0.1, 0.15) is 5.69 Å². The monoisotopic (exact) mass is 448 g/mol. The summed E-state index contributed by atoms with van der Waals surface area (Å²) in [5.41, 5.74) is 3.44. The fourth-order valence-corrected chi connectivity index (χ4v) is 4.46. The normalized spacial score (nSPS) is 20.7. The second-order valence-corrected chi connectivity index (χ2v) is 9.31. The maximum Gasteiger partial charge on any atom is 0.227 e. The fraction of sp³-hybridized carbons (Fsp3) is 0.520. The van der Waals surface area contributed by atoms with Crippen LogP contribution in [0.5, 0.6) is 0 Å². The third-order valence-electron chi connectivity index (χ3n) is 6.65. The number of rotatable bonds is 8.